The molecule has 146 valence electrons. The number of nitrogens with one attached hydrogen (secondary N) is 2. The molecule has 2 heterocycles. The number of fused-ring (bicyclic) bond motifs is 1. The van der Waals surface area contributed by atoms with Crippen LogP contribution >= 0.6 is 0 Å². The molecule has 2 amide bonds. The maximum atomic E-state index is 12.4. The molecule has 0 unspecified atom stereocenters. The number of hydrogen-bond acceptors (Lipinski definition) is 7. The first-order valence-corrected chi connectivity index (χ1v) is 8.36. The smallest absolute Gasteiger partial charge is 0.307 e. The summed E-state index contributed by atoms with van der Waals surface area (Å²) in [6, 6.07) is 6.63. The fourth-order valence-corrected chi connectivity index (χ4v) is 2.55. The summed E-state index contributed by atoms with van der Waals surface area (Å²) in [5, 5.41) is 5.85. The number of benzene rings is 1. The number of furan rings is 1. The van der Waals surface area contributed by atoms with Gasteiger partial charge in [0, 0.05) is 30.9 Å². The van der Waals surface area contributed by atoms with E-state index in [1.165, 1.54) is 17.9 Å². The van der Waals surface area contributed by atoms with Crippen molar-refractivity contribution >= 4 is 40.3 Å². The van der Waals surface area contributed by atoms with E-state index in [-0.39, 0.29) is 30.4 Å². The Morgan fingerprint density at radius 3 is 2.79 bits per heavy atom. The van der Waals surface area contributed by atoms with Gasteiger partial charge < -0.3 is 30.1 Å². The van der Waals surface area contributed by atoms with Crippen molar-refractivity contribution in [1.29, 1.82) is 0 Å². The number of esters is 1. The Kier molecular flexibility index (Phi) is 5.30. The highest BCUT2D eigenvalue weighted by atomic mass is 16.5. The van der Waals surface area contributed by atoms with Gasteiger partial charge in [-0.05, 0) is 24.3 Å². The molecule has 3 rings (SSSR count). The molecule has 0 aliphatic carbocycles. The second-order valence-electron chi connectivity index (χ2n) is 6.00. The molecular formula is C18H19N5O5. The number of imidazole rings is 1. The average molecular weight is 385 g/mol. The van der Waals surface area contributed by atoms with Gasteiger partial charge in [0.15, 0.2) is 11.6 Å². The lowest BCUT2D eigenvalue weighted by molar-refractivity contribution is -0.140. The van der Waals surface area contributed by atoms with Crippen molar-refractivity contribution in [3.63, 3.8) is 0 Å². The van der Waals surface area contributed by atoms with Crippen LogP contribution in [0, 0.1) is 0 Å². The third-order valence-electron chi connectivity index (χ3n) is 3.93. The van der Waals surface area contributed by atoms with Gasteiger partial charge >= 0.3 is 5.97 Å². The van der Waals surface area contributed by atoms with E-state index in [1.54, 1.807) is 31.3 Å². The molecule has 4 N–H and O–H groups in total. The van der Waals surface area contributed by atoms with Crippen LogP contribution in [0.4, 0.5) is 11.5 Å². The van der Waals surface area contributed by atoms with Gasteiger partial charge in [-0.25, -0.2) is 4.98 Å². The first kappa shape index (κ1) is 19.0. The number of carbonyl (C=O) groups excluding carboxylic acids is 3. The quantitative estimate of drug-likeness (QED) is 0.429. The molecular weight excluding hydrogens is 366 g/mol. The van der Waals surface area contributed by atoms with Crippen molar-refractivity contribution in [1.82, 2.24) is 14.9 Å². The zero-order valence-corrected chi connectivity index (χ0v) is 15.3. The Bertz CT molecular complexity index is 1050. The van der Waals surface area contributed by atoms with Crippen LogP contribution in [0.2, 0.25) is 0 Å². The topological polar surface area (TPSA) is 141 Å². The van der Waals surface area contributed by atoms with Gasteiger partial charge in [-0.2, -0.15) is 0 Å². The molecule has 10 heteroatoms. The molecule has 0 saturated heterocycles. The van der Waals surface area contributed by atoms with Crippen molar-refractivity contribution in [3.8, 4) is 0 Å². The van der Waals surface area contributed by atoms with Gasteiger partial charge in [0.05, 0.1) is 13.5 Å². The van der Waals surface area contributed by atoms with Gasteiger partial charge in [0.2, 0.25) is 5.82 Å². The lowest BCUT2D eigenvalue weighted by atomic mass is 10.2. The van der Waals surface area contributed by atoms with Gasteiger partial charge in [0.25, 0.3) is 11.8 Å². The molecule has 0 bridgehead atoms. The van der Waals surface area contributed by atoms with Crippen LogP contribution in [-0.2, 0) is 16.6 Å². The second kappa shape index (κ2) is 7.82. The summed E-state index contributed by atoms with van der Waals surface area (Å²) in [5.74, 6) is -1.06. The number of aryl methyl sites for hydroxylation is 1. The molecule has 0 aliphatic heterocycles. The minimum Gasteiger partial charge on any atom is -0.469 e. The summed E-state index contributed by atoms with van der Waals surface area (Å²) in [5.41, 5.74) is 6.82. The van der Waals surface area contributed by atoms with Gasteiger partial charge in [-0.1, -0.05) is 0 Å². The zero-order chi connectivity index (χ0) is 20.3. The fourth-order valence-electron chi connectivity index (χ4n) is 2.55. The number of carbonyl (C=O) groups is 3. The molecule has 0 spiro atoms. The molecule has 28 heavy (non-hydrogen) atoms. The van der Waals surface area contributed by atoms with Crippen LogP contribution in [0.5, 0.6) is 0 Å². The summed E-state index contributed by atoms with van der Waals surface area (Å²) in [4.78, 5) is 39.8. The number of methoxy groups -OCH3 is 1. The number of amides is 2. The van der Waals surface area contributed by atoms with E-state index < -0.39 is 17.8 Å². The first-order valence-electron chi connectivity index (χ1n) is 8.36. The van der Waals surface area contributed by atoms with Crippen LogP contribution in [0.15, 0.2) is 34.9 Å². The van der Waals surface area contributed by atoms with Crippen LogP contribution < -0.4 is 16.4 Å². The summed E-state index contributed by atoms with van der Waals surface area (Å²) in [6.45, 7) is 0.113. The van der Waals surface area contributed by atoms with Crippen molar-refractivity contribution in [2.24, 2.45) is 7.05 Å². The third kappa shape index (κ3) is 4.11. The van der Waals surface area contributed by atoms with E-state index in [4.69, 9.17) is 10.2 Å². The van der Waals surface area contributed by atoms with Crippen molar-refractivity contribution in [3.05, 3.63) is 42.0 Å². The highest BCUT2D eigenvalue weighted by Crippen LogP contribution is 2.22. The summed E-state index contributed by atoms with van der Waals surface area (Å²) >= 11 is 0. The standard InChI is InChI=1S/C18H19N5O5/c1-23-9-14(21-16(23)18(26)20-6-5-15(24)27-2)22-17(25)13-8-10-7-11(19)3-4-12(10)28-13/h3-4,7-9H,5-6,19H2,1-2H3,(H,20,26)(H,22,25). The normalized spacial score (nSPS) is 10.6. The minimum atomic E-state index is -0.509. The zero-order valence-electron chi connectivity index (χ0n) is 15.3. The Morgan fingerprint density at radius 2 is 2.04 bits per heavy atom. The number of nitrogens with two attached hydrogens (primary N) is 1. The van der Waals surface area contributed by atoms with Gasteiger partial charge in [-0.15, -0.1) is 0 Å². The maximum Gasteiger partial charge on any atom is 0.307 e. The van der Waals surface area contributed by atoms with E-state index in [0.29, 0.717) is 16.7 Å². The van der Waals surface area contributed by atoms with Gasteiger partial charge in [0.1, 0.15) is 5.58 Å². The van der Waals surface area contributed by atoms with Crippen LogP contribution in [-0.4, -0.2) is 41.0 Å². The number of hydrogen-bond donors (Lipinski definition) is 3. The molecule has 1 aromatic carbocycles. The van der Waals surface area contributed by atoms with Crippen LogP contribution in [0.3, 0.4) is 0 Å². The molecule has 0 aliphatic rings. The molecule has 10 nitrogen and oxygen atoms in total. The highest BCUT2D eigenvalue weighted by molar-refractivity contribution is 6.04. The average Bonchev–Trinajstić information content (AvgIpc) is 3.24. The SMILES string of the molecule is COC(=O)CCNC(=O)c1nc(NC(=O)c2cc3cc(N)ccc3o2)cn1C. The summed E-state index contributed by atoms with van der Waals surface area (Å²) in [7, 11) is 2.89. The largest absolute Gasteiger partial charge is 0.469 e. The third-order valence-corrected chi connectivity index (χ3v) is 3.93. The lowest BCUT2D eigenvalue weighted by Crippen LogP contribution is -2.28. The van der Waals surface area contributed by atoms with E-state index in [0.717, 1.165) is 0 Å². The molecule has 2 aromatic heterocycles. The van der Waals surface area contributed by atoms with Crippen LogP contribution in [0.1, 0.15) is 27.6 Å². The Morgan fingerprint density at radius 1 is 1.25 bits per heavy atom. The van der Waals surface area contributed by atoms with Crippen molar-refractivity contribution in [2.75, 3.05) is 24.7 Å². The monoisotopic (exact) mass is 385 g/mol. The molecule has 0 atom stereocenters. The summed E-state index contributed by atoms with van der Waals surface area (Å²) in [6.07, 6.45) is 1.54. The Balaban J connectivity index is 1.67. The number of ether oxygens (including phenoxy) is 1. The van der Waals surface area contributed by atoms with Gasteiger partial charge in [-0.3, -0.25) is 14.4 Å². The number of anilines is 2. The number of nitrogen functional groups attached to an aromatic ring is 1. The highest BCUT2D eigenvalue weighted by Gasteiger charge is 2.18. The molecule has 0 radical (unpaired) electrons. The van der Waals surface area contributed by atoms with Crippen LogP contribution in [0.25, 0.3) is 11.0 Å². The second-order valence-corrected chi connectivity index (χ2v) is 6.00. The predicted octanol–water partition coefficient (Wildman–Crippen LogP) is 1.29. The van der Waals surface area contributed by atoms with Crippen molar-refractivity contribution in [2.45, 2.75) is 6.42 Å². The Labute approximate surface area is 159 Å². The maximum absolute atomic E-state index is 12.4. The lowest BCUT2D eigenvalue weighted by Gasteiger charge is -2.03. The van der Waals surface area contributed by atoms with Crippen molar-refractivity contribution < 1.29 is 23.5 Å². The predicted molar refractivity (Wildman–Crippen MR) is 101 cm³/mol. The first-order chi connectivity index (χ1) is 13.4. The number of nitrogens with zero attached hydrogens (tertiary/aromatic N) is 2. The molecule has 3 aromatic rings. The number of rotatable bonds is 6. The number of aromatic nitrogens is 2. The van der Waals surface area contributed by atoms with E-state index in [9.17, 15) is 14.4 Å². The fraction of sp³-hybridized carbons (Fsp3) is 0.222. The summed E-state index contributed by atoms with van der Waals surface area (Å²) < 4.78 is 11.5. The van der Waals surface area contributed by atoms with E-state index >= 15 is 0 Å². The minimum absolute atomic E-state index is 0.0484. The molecule has 0 fully saturated rings. The van der Waals surface area contributed by atoms with E-state index in [1.807, 2.05) is 0 Å². The Hall–Kier alpha value is -3.82. The molecule has 0 saturated carbocycles. The van der Waals surface area contributed by atoms with E-state index in [2.05, 4.69) is 20.4 Å².